The van der Waals surface area contributed by atoms with E-state index in [-0.39, 0.29) is 24.2 Å². The molecule has 1 N–H and O–H groups in total. The van der Waals surface area contributed by atoms with E-state index in [1.165, 1.54) is 7.11 Å². The van der Waals surface area contributed by atoms with Crippen molar-refractivity contribution in [2.75, 3.05) is 7.11 Å². The number of aromatic amines is 1. The Morgan fingerprint density at radius 2 is 1.83 bits per heavy atom. The van der Waals surface area contributed by atoms with Crippen molar-refractivity contribution in [3.63, 3.8) is 0 Å². The van der Waals surface area contributed by atoms with Crippen molar-refractivity contribution in [1.82, 2.24) is 14.5 Å². The van der Waals surface area contributed by atoms with Gasteiger partial charge in [-0.05, 0) is 25.0 Å². The molecule has 2 aliphatic heterocycles. The summed E-state index contributed by atoms with van der Waals surface area (Å²) in [7, 11) is 1.36. The van der Waals surface area contributed by atoms with Crippen molar-refractivity contribution < 1.29 is 9.53 Å². The van der Waals surface area contributed by atoms with E-state index in [4.69, 9.17) is 4.74 Å². The number of amides is 1. The van der Waals surface area contributed by atoms with Gasteiger partial charge >= 0.3 is 17.2 Å². The first kappa shape index (κ1) is 14.7. The van der Waals surface area contributed by atoms with E-state index in [9.17, 15) is 14.4 Å². The predicted molar refractivity (Wildman–Crippen MR) is 88.1 cm³/mol. The minimum Gasteiger partial charge on any atom is -0.453 e. The number of rotatable bonds is 1. The summed E-state index contributed by atoms with van der Waals surface area (Å²) in [4.78, 5) is 40.7. The molecule has 2 aliphatic rings. The SMILES string of the molecule is COC(=O)N1C2C=C[C@@H]1CC(n1c(=O)c(=O)[nH]c3ccccc31)C2. The monoisotopic (exact) mass is 327 g/mol. The summed E-state index contributed by atoms with van der Waals surface area (Å²) in [6, 6.07) is 6.89. The highest BCUT2D eigenvalue weighted by Gasteiger charge is 2.41. The zero-order valence-electron chi connectivity index (χ0n) is 13.1. The first-order valence-corrected chi connectivity index (χ1v) is 7.88. The molecule has 3 heterocycles. The number of H-pyrrole nitrogens is 1. The maximum Gasteiger partial charge on any atom is 0.410 e. The molecular weight excluding hydrogens is 310 g/mol. The van der Waals surface area contributed by atoms with Crippen LogP contribution in [0.25, 0.3) is 11.0 Å². The lowest BCUT2D eigenvalue weighted by molar-refractivity contribution is 0.0797. The van der Waals surface area contributed by atoms with Gasteiger partial charge in [-0.2, -0.15) is 0 Å². The van der Waals surface area contributed by atoms with Crippen molar-refractivity contribution in [2.45, 2.75) is 31.0 Å². The van der Waals surface area contributed by atoms with E-state index in [1.807, 2.05) is 30.4 Å². The molecule has 0 radical (unpaired) electrons. The van der Waals surface area contributed by atoms with Gasteiger partial charge < -0.3 is 9.72 Å². The van der Waals surface area contributed by atoms with Crippen LogP contribution in [-0.2, 0) is 4.74 Å². The number of methoxy groups -OCH3 is 1. The Hall–Kier alpha value is -2.83. The largest absolute Gasteiger partial charge is 0.453 e. The van der Waals surface area contributed by atoms with E-state index >= 15 is 0 Å². The number of fused-ring (bicyclic) bond motifs is 3. The third-order valence-electron chi connectivity index (χ3n) is 4.87. The van der Waals surface area contributed by atoms with Crippen LogP contribution in [0.1, 0.15) is 18.9 Å². The molecular formula is C17H17N3O4. The van der Waals surface area contributed by atoms with E-state index in [0.717, 1.165) is 0 Å². The Morgan fingerprint density at radius 1 is 1.17 bits per heavy atom. The number of para-hydroxylation sites is 2. The number of benzene rings is 1. The smallest absolute Gasteiger partial charge is 0.410 e. The lowest BCUT2D eigenvalue weighted by Gasteiger charge is -2.38. The summed E-state index contributed by atoms with van der Waals surface area (Å²) < 4.78 is 6.43. The van der Waals surface area contributed by atoms with Crippen LogP contribution in [0, 0.1) is 0 Å². The number of aromatic nitrogens is 2. The van der Waals surface area contributed by atoms with Gasteiger partial charge in [-0.1, -0.05) is 24.3 Å². The molecule has 2 bridgehead atoms. The molecule has 1 saturated heterocycles. The quantitative estimate of drug-likeness (QED) is 0.634. The molecule has 1 amide bonds. The summed E-state index contributed by atoms with van der Waals surface area (Å²) >= 11 is 0. The highest BCUT2D eigenvalue weighted by atomic mass is 16.5. The number of piperidine rings is 1. The van der Waals surface area contributed by atoms with Crippen LogP contribution >= 0.6 is 0 Å². The molecule has 2 aromatic rings. The summed E-state index contributed by atoms with van der Waals surface area (Å²) in [5.41, 5.74) is 0.171. The molecule has 1 fully saturated rings. The van der Waals surface area contributed by atoms with Gasteiger partial charge in [0.1, 0.15) is 0 Å². The lowest BCUT2D eigenvalue weighted by Crippen LogP contribution is -2.50. The van der Waals surface area contributed by atoms with E-state index in [2.05, 4.69) is 4.98 Å². The minimum absolute atomic E-state index is 0.119. The summed E-state index contributed by atoms with van der Waals surface area (Å²) in [5, 5.41) is 0. The van der Waals surface area contributed by atoms with Gasteiger partial charge in [0.25, 0.3) is 0 Å². The maximum atomic E-state index is 12.5. The molecule has 0 saturated carbocycles. The Morgan fingerprint density at radius 3 is 2.50 bits per heavy atom. The second kappa shape index (κ2) is 5.36. The number of hydrogen-bond donors (Lipinski definition) is 1. The van der Waals surface area contributed by atoms with Gasteiger partial charge in [-0.15, -0.1) is 0 Å². The first-order valence-electron chi connectivity index (χ1n) is 7.88. The van der Waals surface area contributed by atoms with Gasteiger partial charge in [0.15, 0.2) is 0 Å². The molecule has 4 rings (SSSR count). The maximum absolute atomic E-state index is 12.5. The average Bonchev–Trinajstić information content (AvgIpc) is 2.85. The highest BCUT2D eigenvalue weighted by Crippen LogP contribution is 2.37. The van der Waals surface area contributed by atoms with Gasteiger partial charge in [0.05, 0.1) is 30.2 Å². The molecule has 0 spiro atoms. The molecule has 1 aromatic heterocycles. The Balaban J connectivity index is 1.79. The predicted octanol–water partition coefficient (Wildman–Crippen LogP) is 1.40. The number of ether oxygens (including phenoxy) is 1. The van der Waals surface area contributed by atoms with Gasteiger partial charge in [-0.3, -0.25) is 19.1 Å². The van der Waals surface area contributed by atoms with Gasteiger partial charge in [-0.25, -0.2) is 4.79 Å². The van der Waals surface area contributed by atoms with Crippen molar-refractivity contribution in [3.8, 4) is 0 Å². The van der Waals surface area contributed by atoms with Crippen LogP contribution in [0.5, 0.6) is 0 Å². The third-order valence-corrected chi connectivity index (χ3v) is 4.87. The minimum atomic E-state index is -0.621. The molecule has 0 aliphatic carbocycles. The van der Waals surface area contributed by atoms with E-state index in [0.29, 0.717) is 23.9 Å². The number of hydrogen-bond acceptors (Lipinski definition) is 4. The van der Waals surface area contributed by atoms with Crippen LogP contribution in [0.15, 0.2) is 46.0 Å². The van der Waals surface area contributed by atoms with Crippen molar-refractivity contribution in [3.05, 3.63) is 57.1 Å². The Labute approximate surface area is 137 Å². The molecule has 7 heteroatoms. The molecule has 1 aromatic carbocycles. The Kier molecular flexibility index (Phi) is 3.30. The fraction of sp³-hybridized carbons (Fsp3) is 0.353. The third kappa shape index (κ3) is 2.08. The number of nitrogens with one attached hydrogen (secondary N) is 1. The summed E-state index contributed by atoms with van der Waals surface area (Å²) in [6.07, 6.45) is 4.74. The van der Waals surface area contributed by atoms with Crippen molar-refractivity contribution in [2.24, 2.45) is 0 Å². The highest BCUT2D eigenvalue weighted by molar-refractivity contribution is 5.74. The van der Waals surface area contributed by atoms with Crippen molar-refractivity contribution in [1.29, 1.82) is 0 Å². The number of carbonyl (C=O) groups excluding carboxylic acids is 1. The number of nitrogens with zero attached hydrogens (tertiary/aromatic N) is 2. The van der Waals surface area contributed by atoms with Crippen LogP contribution in [-0.4, -0.2) is 39.7 Å². The van der Waals surface area contributed by atoms with Crippen molar-refractivity contribution >= 4 is 17.1 Å². The summed E-state index contributed by atoms with van der Waals surface area (Å²) in [6.45, 7) is 0. The zero-order valence-corrected chi connectivity index (χ0v) is 13.1. The molecule has 3 atom stereocenters. The fourth-order valence-corrected chi connectivity index (χ4v) is 3.86. The van der Waals surface area contributed by atoms with Gasteiger partial charge in [0.2, 0.25) is 0 Å². The standard InChI is InChI=1S/C17H17N3O4/c1-24-17(23)19-10-6-7-11(19)9-12(8-10)20-14-5-3-2-4-13(14)18-15(21)16(20)22/h2-7,10-12H,8-9H2,1H3,(H,18,21)/t10-,11?,12?/m1/s1. The first-order chi connectivity index (χ1) is 11.6. The average molecular weight is 327 g/mol. The van der Waals surface area contributed by atoms with Crippen LogP contribution in [0.4, 0.5) is 4.79 Å². The van der Waals surface area contributed by atoms with Gasteiger partial charge in [0, 0.05) is 6.04 Å². The molecule has 7 nitrogen and oxygen atoms in total. The summed E-state index contributed by atoms with van der Waals surface area (Å²) in [5.74, 6) is 0. The topological polar surface area (TPSA) is 84.4 Å². The number of carbonyl (C=O) groups is 1. The molecule has 2 unspecified atom stereocenters. The lowest BCUT2D eigenvalue weighted by atomic mass is 9.96. The van der Waals surface area contributed by atoms with Crippen LogP contribution in [0.3, 0.4) is 0 Å². The van der Waals surface area contributed by atoms with Crippen LogP contribution < -0.4 is 11.1 Å². The fourth-order valence-electron chi connectivity index (χ4n) is 3.86. The van der Waals surface area contributed by atoms with E-state index in [1.54, 1.807) is 15.5 Å². The second-order valence-corrected chi connectivity index (χ2v) is 6.17. The molecule has 24 heavy (non-hydrogen) atoms. The molecule has 124 valence electrons. The van der Waals surface area contributed by atoms with E-state index < -0.39 is 11.1 Å². The second-order valence-electron chi connectivity index (χ2n) is 6.17. The van der Waals surface area contributed by atoms with Crippen LogP contribution in [0.2, 0.25) is 0 Å². The Bertz CT molecular complexity index is 942. The zero-order chi connectivity index (χ0) is 16.8. The normalized spacial score (nSPS) is 25.2.